The number of nitrogens with one attached hydrogen (secondary N) is 1. The van der Waals surface area contributed by atoms with E-state index in [9.17, 15) is 0 Å². The van der Waals surface area contributed by atoms with Crippen LogP contribution >= 0.6 is 11.8 Å². The lowest BCUT2D eigenvalue weighted by atomic mass is 10.0. The van der Waals surface area contributed by atoms with E-state index in [1.54, 1.807) is 0 Å². The molecule has 2 saturated heterocycles. The van der Waals surface area contributed by atoms with Gasteiger partial charge in [0.1, 0.15) is 11.9 Å². The number of hydrogen-bond donors (Lipinski definition) is 1. The number of thioether (sulfide) groups is 1. The summed E-state index contributed by atoms with van der Waals surface area (Å²) in [5, 5.41) is 3.57. The maximum Gasteiger partial charge on any atom is 0.124 e. The highest BCUT2D eigenvalue weighted by Gasteiger charge is 2.22. The van der Waals surface area contributed by atoms with E-state index in [0.29, 0.717) is 12.1 Å². The maximum atomic E-state index is 6.25. The highest BCUT2D eigenvalue weighted by atomic mass is 32.2. The molecule has 1 aromatic rings. The van der Waals surface area contributed by atoms with Gasteiger partial charge in [-0.1, -0.05) is 18.2 Å². The Morgan fingerprint density at radius 3 is 2.72 bits per heavy atom. The van der Waals surface area contributed by atoms with Crippen LogP contribution in [0.25, 0.3) is 0 Å². The zero-order valence-corrected chi connectivity index (χ0v) is 11.5. The molecule has 1 aromatic carbocycles. The van der Waals surface area contributed by atoms with Crippen molar-refractivity contribution < 1.29 is 4.74 Å². The molecule has 0 amide bonds. The smallest absolute Gasteiger partial charge is 0.124 e. The van der Waals surface area contributed by atoms with Gasteiger partial charge in [-0.05, 0) is 49.8 Å². The molecule has 2 nitrogen and oxygen atoms in total. The molecule has 2 fully saturated rings. The maximum absolute atomic E-state index is 6.25. The van der Waals surface area contributed by atoms with Crippen molar-refractivity contribution in [1.29, 1.82) is 0 Å². The molecule has 0 radical (unpaired) electrons. The Balaban J connectivity index is 1.73. The highest BCUT2D eigenvalue weighted by Crippen LogP contribution is 2.32. The molecule has 3 heteroatoms. The van der Waals surface area contributed by atoms with Gasteiger partial charge in [0.05, 0.1) is 0 Å². The number of ether oxygens (including phenoxy) is 1. The molecule has 2 heterocycles. The quantitative estimate of drug-likeness (QED) is 0.903. The van der Waals surface area contributed by atoms with Crippen LogP contribution in [-0.4, -0.2) is 24.2 Å². The highest BCUT2D eigenvalue weighted by molar-refractivity contribution is 7.99. The van der Waals surface area contributed by atoms with Crippen molar-refractivity contribution in [2.24, 2.45) is 0 Å². The van der Waals surface area contributed by atoms with E-state index in [2.05, 4.69) is 29.6 Å². The standard InChI is InChI=1S/C15H21NOS/c1-2-6-15(17-12-7-10-18-11-8-12)13(4-1)14-5-3-9-16-14/h1-2,4,6,12,14,16H,3,5,7-11H2. The van der Waals surface area contributed by atoms with Gasteiger partial charge in [-0.3, -0.25) is 0 Å². The van der Waals surface area contributed by atoms with E-state index in [1.165, 1.54) is 42.8 Å². The lowest BCUT2D eigenvalue weighted by Crippen LogP contribution is -2.23. The number of benzene rings is 1. The largest absolute Gasteiger partial charge is 0.490 e. The average molecular weight is 263 g/mol. The topological polar surface area (TPSA) is 21.3 Å². The number of hydrogen-bond acceptors (Lipinski definition) is 3. The zero-order valence-electron chi connectivity index (χ0n) is 10.7. The monoisotopic (exact) mass is 263 g/mol. The molecular formula is C15H21NOS. The summed E-state index contributed by atoms with van der Waals surface area (Å²) in [5.41, 5.74) is 1.35. The van der Waals surface area contributed by atoms with E-state index in [4.69, 9.17) is 4.74 Å². The first-order valence-electron chi connectivity index (χ1n) is 7.00. The molecule has 2 aliphatic rings. The SMILES string of the molecule is c1ccc(C2CCCN2)c(OC2CCSCC2)c1. The van der Waals surface area contributed by atoms with Gasteiger partial charge in [0.25, 0.3) is 0 Å². The van der Waals surface area contributed by atoms with Gasteiger partial charge in [-0.2, -0.15) is 11.8 Å². The molecule has 0 aliphatic carbocycles. The van der Waals surface area contributed by atoms with Crippen molar-refractivity contribution in [1.82, 2.24) is 5.32 Å². The van der Waals surface area contributed by atoms with Crippen LogP contribution in [0.4, 0.5) is 0 Å². The molecule has 0 bridgehead atoms. The summed E-state index contributed by atoms with van der Waals surface area (Å²) in [6.07, 6.45) is 5.32. The lowest BCUT2D eigenvalue weighted by molar-refractivity contribution is 0.189. The van der Waals surface area contributed by atoms with Crippen molar-refractivity contribution >= 4 is 11.8 Å². The normalized spacial score (nSPS) is 25.2. The summed E-state index contributed by atoms with van der Waals surface area (Å²) in [6, 6.07) is 9.07. The predicted octanol–water partition coefficient (Wildman–Crippen LogP) is 3.39. The molecule has 1 N–H and O–H groups in total. The molecule has 3 rings (SSSR count). The van der Waals surface area contributed by atoms with Crippen LogP contribution in [-0.2, 0) is 0 Å². The Kier molecular flexibility index (Phi) is 4.11. The van der Waals surface area contributed by atoms with Gasteiger partial charge in [0.2, 0.25) is 0 Å². The van der Waals surface area contributed by atoms with Crippen LogP contribution < -0.4 is 10.1 Å². The predicted molar refractivity (Wildman–Crippen MR) is 77.4 cm³/mol. The van der Waals surface area contributed by atoms with Gasteiger partial charge in [0.15, 0.2) is 0 Å². The van der Waals surface area contributed by atoms with Crippen LogP contribution in [0.2, 0.25) is 0 Å². The summed E-state index contributed by atoms with van der Waals surface area (Å²) >= 11 is 2.05. The van der Waals surface area contributed by atoms with E-state index < -0.39 is 0 Å². The fourth-order valence-corrected chi connectivity index (χ4v) is 3.86. The first-order valence-corrected chi connectivity index (χ1v) is 8.15. The Morgan fingerprint density at radius 1 is 1.11 bits per heavy atom. The van der Waals surface area contributed by atoms with Crippen LogP contribution in [0.3, 0.4) is 0 Å². The van der Waals surface area contributed by atoms with Crippen molar-refractivity contribution in [3.63, 3.8) is 0 Å². The van der Waals surface area contributed by atoms with Crippen molar-refractivity contribution in [2.45, 2.75) is 37.8 Å². The van der Waals surface area contributed by atoms with Gasteiger partial charge in [-0.25, -0.2) is 0 Å². The number of rotatable bonds is 3. The van der Waals surface area contributed by atoms with E-state index >= 15 is 0 Å². The lowest BCUT2D eigenvalue weighted by Gasteiger charge is -2.25. The Bertz CT molecular complexity index is 384. The van der Waals surface area contributed by atoms with Gasteiger partial charge in [0, 0.05) is 11.6 Å². The first kappa shape index (κ1) is 12.4. The van der Waals surface area contributed by atoms with Crippen molar-refractivity contribution in [3.05, 3.63) is 29.8 Å². The van der Waals surface area contributed by atoms with Gasteiger partial charge >= 0.3 is 0 Å². The van der Waals surface area contributed by atoms with Crippen LogP contribution in [0, 0.1) is 0 Å². The second-order valence-electron chi connectivity index (χ2n) is 5.12. The van der Waals surface area contributed by atoms with E-state index in [-0.39, 0.29) is 0 Å². The zero-order chi connectivity index (χ0) is 12.2. The minimum Gasteiger partial charge on any atom is -0.490 e. The molecule has 18 heavy (non-hydrogen) atoms. The third-order valence-corrected chi connectivity index (χ3v) is 4.87. The summed E-state index contributed by atoms with van der Waals surface area (Å²) < 4.78 is 6.25. The molecular weight excluding hydrogens is 242 g/mol. The molecule has 98 valence electrons. The van der Waals surface area contributed by atoms with Gasteiger partial charge in [-0.15, -0.1) is 0 Å². The van der Waals surface area contributed by atoms with Crippen LogP contribution in [0.1, 0.15) is 37.3 Å². The van der Waals surface area contributed by atoms with Gasteiger partial charge < -0.3 is 10.1 Å². The average Bonchev–Trinajstić information content (AvgIpc) is 2.94. The molecule has 0 saturated carbocycles. The Hall–Kier alpha value is -0.670. The fraction of sp³-hybridized carbons (Fsp3) is 0.600. The molecule has 2 aliphatic heterocycles. The summed E-state index contributed by atoms with van der Waals surface area (Å²) in [7, 11) is 0. The molecule has 1 atom stereocenters. The fourth-order valence-electron chi connectivity index (χ4n) is 2.80. The number of para-hydroxylation sites is 1. The van der Waals surface area contributed by atoms with E-state index in [0.717, 1.165) is 12.3 Å². The second-order valence-corrected chi connectivity index (χ2v) is 6.34. The van der Waals surface area contributed by atoms with Crippen molar-refractivity contribution in [3.8, 4) is 5.75 Å². The van der Waals surface area contributed by atoms with Crippen molar-refractivity contribution in [2.75, 3.05) is 18.1 Å². The van der Waals surface area contributed by atoms with Crippen LogP contribution in [0.15, 0.2) is 24.3 Å². The van der Waals surface area contributed by atoms with Crippen LogP contribution in [0.5, 0.6) is 5.75 Å². The minimum absolute atomic E-state index is 0.425. The third-order valence-electron chi connectivity index (χ3n) is 3.82. The second kappa shape index (κ2) is 5.98. The summed E-state index contributed by atoms with van der Waals surface area (Å²) in [5.74, 6) is 3.59. The Labute approximate surface area is 113 Å². The minimum atomic E-state index is 0.425. The van der Waals surface area contributed by atoms with E-state index in [1.807, 2.05) is 11.8 Å². The molecule has 0 aromatic heterocycles. The summed E-state index contributed by atoms with van der Waals surface area (Å²) in [6.45, 7) is 1.14. The Morgan fingerprint density at radius 2 is 1.94 bits per heavy atom. The summed E-state index contributed by atoms with van der Waals surface area (Å²) in [4.78, 5) is 0. The first-order chi connectivity index (χ1) is 8.93. The molecule has 1 unspecified atom stereocenters. The molecule has 0 spiro atoms. The third kappa shape index (κ3) is 2.83.